The maximum Gasteiger partial charge on any atom is 0.224 e. The van der Waals surface area contributed by atoms with Gasteiger partial charge in [-0.2, -0.15) is 0 Å². The number of rotatable bonds is 6. The van der Waals surface area contributed by atoms with Crippen LogP contribution >= 0.6 is 0 Å². The third kappa shape index (κ3) is 5.48. The summed E-state index contributed by atoms with van der Waals surface area (Å²) in [6.45, 7) is 3.57. The third-order valence-corrected chi connectivity index (χ3v) is 2.50. The molecule has 4 nitrogen and oxygen atoms in total. The van der Waals surface area contributed by atoms with E-state index in [0.717, 1.165) is 30.6 Å². The number of hydrogen-bond acceptors (Lipinski definition) is 2. The van der Waals surface area contributed by atoms with Gasteiger partial charge in [0.2, 0.25) is 11.8 Å². The highest BCUT2D eigenvalue weighted by Gasteiger charge is 2.02. The lowest BCUT2D eigenvalue weighted by molar-refractivity contribution is -0.116. The molecule has 1 rings (SSSR count). The molecule has 0 aliphatic carbocycles. The molecule has 0 unspecified atom stereocenters. The van der Waals surface area contributed by atoms with Crippen molar-refractivity contribution < 1.29 is 9.59 Å². The molecule has 4 heteroatoms. The first-order valence-electron chi connectivity index (χ1n) is 6.29. The van der Waals surface area contributed by atoms with Gasteiger partial charge < -0.3 is 10.6 Å². The van der Waals surface area contributed by atoms with Crippen molar-refractivity contribution in [2.75, 3.05) is 10.6 Å². The van der Waals surface area contributed by atoms with Gasteiger partial charge in [0.05, 0.1) is 0 Å². The van der Waals surface area contributed by atoms with Gasteiger partial charge in [0.25, 0.3) is 0 Å². The molecule has 0 atom stereocenters. The fourth-order valence-electron chi connectivity index (χ4n) is 1.60. The summed E-state index contributed by atoms with van der Waals surface area (Å²) < 4.78 is 0. The summed E-state index contributed by atoms with van der Waals surface area (Å²) in [4.78, 5) is 22.4. The number of carbonyl (C=O) groups is 2. The van der Waals surface area contributed by atoms with Crippen molar-refractivity contribution >= 4 is 23.2 Å². The molecular weight excluding hydrogens is 228 g/mol. The highest BCUT2D eigenvalue weighted by atomic mass is 16.2. The van der Waals surface area contributed by atoms with Gasteiger partial charge in [0, 0.05) is 24.7 Å². The molecule has 0 saturated heterocycles. The first-order valence-corrected chi connectivity index (χ1v) is 6.29. The number of benzene rings is 1. The van der Waals surface area contributed by atoms with E-state index in [1.807, 2.05) is 0 Å². The lowest BCUT2D eigenvalue weighted by Crippen LogP contribution is -2.11. The third-order valence-electron chi connectivity index (χ3n) is 2.50. The first kappa shape index (κ1) is 14.2. The second-order valence-corrected chi connectivity index (χ2v) is 4.26. The van der Waals surface area contributed by atoms with E-state index in [1.54, 1.807) is 24.3 Å². The van der Waals surface area contributed by atoms with E-state index >= 15 is 0 Å². The van der Waals surface area contributed by atoms with E-state index in [1.165, 1.54) is 6.92 Å². The van der Waals surface area contributed by atoms with Crippen LogP contribution in [0.2, 0.25) is 0 Å². The van der Waals surface area contributed by atoms with Crippen LogP contribution < -0.4 is 10.6 Å². The van der Waals surface area contributed by atoms with Crippen LogP contribution in [0.4, 0.5) is 11.4 Å². The Morgan fingerprint density at radius 2 is 1.56 bits per heavy atom. The molecule has 0 fully saturated rings. The number of unbranched alkanes of at least 4 members (excludes halogenated alkanes) is 2. The van der Waals surface area contributed by atoms with Gasteiger partial charge in [-0.1, -0.05) is 19.8 Å². The van der Waals surface area contributed by atoms with E-state index in [-0.39, 0.29) is 11.8 Å². The molecule has 2 amide bonds. The van der Waals surface area contributed by atoms with Crippen LogP contribution in [0.5, 0.6) is 0 Å². The summed E-state index contributed by atoms with van der Waals surface area (Å²) in [7, 11) is 0. The van der Waals surface area contributed by atoms with E-state index in [2.05, 4.69) is 17.6 Å². The standard InChI is InChI=1S/C14H20N2O2/c1-3-4-5-6-14(18)16-13-9-7-12(8-10-13)15-11(2)17/h7-10H,3-6H2,1-2H3,(H,15,17)(H,16,18). The van der Waals surface area contributed by atoms with E-state index in [4.69, 9.17) is 0 Å². The Balaban J connectivity index is 2.43. The molecule has 98 valence electrons. The molecule has 0 bridgehead atoms. The van der Waals surface area contributed by atoms with Crippen molar-refractivity contribution in [1.82, 2.24) is 0 Å². The zero-order valence-electron chi connectivity index (χ0n) is 11.0. The second kappa shape index (κ2) is 7.48. The van der Waals surface area contributed by atoms with Crippen LogP contribution in [0.1, 0.15) is 39.5 Å². The monoisotopic (exact) mass is 248 g/mol. The van der Waals surface area contributed by atoms with Gasteiger partial charge >= 0.3 is 0 Å². The van der Waals surface area contributed by atoms with Crippen LogP contribution in [0.25, 0.3) is 0 Å². The number of anilines is 2. The highest BCUT2D eigenvalue weighted by Crippen LogP contribution is 2.14. The molecule has 0 aliphatic heterocycles. The SMILES string of the molecule is CCCCCC(=O)Nc1ccc(NC(C)=O)cc1. The molecule has 2 N–H and O–H groups in total. The fraction of sp³-hybridized carbons (Fsp3) is 0.429. The molecule has 0 spiro atoms. The number of hydrogen-bond donors (Lipinski definition) is 2. The number of carbonyl (C=O) groups excluding carboxylic acids is 2. The van der Waals surface area contributed by atoms with Crippen LogP contribution in [-0.4, -0.2) is 11.8 Å². The normalized spacial score (nSPS) is 9.89. The lowest BCUT2D eigenvalue weighted by Gasteiger charge is -2.06. The van der Waals surface area contributed by atoms with Crippen molar-refractivity contribution in [3.8, 4) is 0 Å². The lowest BCUT2D eigenvalue weighted by atomic mass is 10.2. The molecule has 1 aromatic carbocycles. The van der Waals surface area contributed by atoms with E-state index in [0.29, 0.717) is 6.42 Å². The van der Waals surface area contributed by atoms with Gasteiger partial charge in [-0.15, -0.1) is 0 Å². The molecule has 0 aromatic heterocycles. The predicted octanol–water partition coefficient (Wildman–Crippen LogP) is 3.16. The summed E-state index contributed by atoms with van der Waals surface area (Å²) in [5.74, 6) is -0.0675. The maximum absolute atomic E-state index is 11.6. The Kier molecular flexibility index (Phi) is 5.91. The Hall–Kier alpha value is -1.84. The predicted molar refractivity (Wildman–Crippen MR) is 73.5 cm³/mol. The summed E-state index contributed by atoms with van der Waals surface area (Å²) in [6.07, 6.45) is 3.67. The molecule has 0 saturated carbocycles. The van der Waals surface area contributed by atoms with Gasteiger partial charge in [-0.25, -0.2) is 0 Å². The number of amides is 2. The quantitative estimate of drug-likeness (QED) is 0.760. The second-order valence-electron chi connectivity index (χ2n) is 4.26. The zero-order valence-corrected chi connectivity index (χ0v) is 11.0. The van der Waals surface area contributed by atoms with Gasteiger partial charge in [-0.3, -0.25) is 9.59 Å². The van der Waals surface area contributed by atoms with Crippen molar-refractivity contribution in [2.24, 2.45) is 0 Å². The summed E-state index contributed by atoms with van der Waals surface area (Å²) >= 11 is 0. The molecule has 0 radical (unpaired) electrons. The highest BCUT2D eigenvalue weighted by molar-refractivity contribution is 5.92. The molecule has 1 aromatic rings. The Labute approximate surface area is 108 Å². The van der Waals surface area contributed by atoms with Crippen LogP contribution in [0.15, 0.2) is 24.3 Å². The van der Waals surface area contributed by atoms with Crippen molar-refractivity contribution in [2.45, 2.75) is 39.5 Å². The topological polar surface area (TPSA) is 58.2 Å². The van der Waals surface area contributed by atoms with Crippen LogP contribution in [-0.2, 0) is 9.59 Å². The summed E-state index contributed by atoms with van der Waals surface area (Å²) in [5, 5.41) is 5.51. The maximum atomic E-state index is 11.6. The average molecular weight is 248 g/mol. The zero-order chi connectivity index (χ0) is 13.4. The van der Waals surface area contributed by atoms with E-state index in [9.17, 15) is 9.59 Å². The van der Waals surface area contributed by atoms with Crippen LogP contribution in [0.3, 0.4) is 0 Å². The van der Waals surface area contributed by atoms with Gasteiger partial charge in [0.1, 0.15) is 0 Å². The van der Waals surface area contributed by atoms with E-state index < -0.39 is 0 Å². The van der Waals surface area contributed by atoms with Gasteiger partial charge in [-0.05, 0) is 30.7 Å². The Morgan fingerprint density at radius 1 is 1.00 bits per heavy atom. The Bertz CT molecular complexity index is 399. The minimum Gasteiger partial charge on any atom is -0.326 e. The Morgan fingerprint density at radius 3 is 2.06 bits per heavy atom. The number of nitrogens with one attached hydrogen (secondary N) is 2. The van der Waals surface area contributed by atoms with Crippen molar-refractivity contribution in [1.29, 1.82) is 0 Å². The molecule has 0 heterocycles. The largest absolute Gasteiger partial charge is 0.326 e. The first-order chi connectivity index (χ1) is 8.61. The average Bonchev–Trinajstić information content (AvgIpc) is 2.31. The summed E-state index contributed by atoms with van der Waals surface area (Å²) in [6, 6.07) is 7.10. The molecule has 0 aliphatic rings. The molecule has 18 heavy (non-hydrogen) atoms. The molecular formula is C14H20N2O2. The summed E-state index contributed by atoms with van der Waals surface area (Å²) in [5.41, 5.74) is 1.48. The minimum absolute atomic E-state index is 0.0377. The fourth-order valence-corrected chi connectivity index (χ4v) is 1.60. The van der Waals surface area contributed by atoms with Crippen LogP contribution in [0, 0.1) is 0 Å². The minimum atomic E-state index is -0.105. The van der Waals surface area contributed by atoms with Crippen molar-refractivity contribution in [3.05, 3.63) is 24.3 Å². The van der Waals surface area contributed by atoms with Crippen molar-refractivity contribution in [3.63, 3.8) is 0 Å². The smallest absolute Gasteiger partial charge is 0.224 e. The van der Waals surface area contributed by atoms with Gasteiger partial charge in [0.15, 0.2) is 0 Å².